The van der Waals surface area contributed by atoms with E-state index in [1.54, 1.807) is 24.3 Å². The quantitative estimate of drug-likeness (QED) is 0.937. The van der Waals surface area contributed by atoms with Crippen molar-refractivity contribution < 1.29 is 9.18 Å². The Morgan fingerprint density at radius 2 is 1.88 bits per heavy atom. The van der Waals surface area contributed by atoms with Crippen molar-refractivity contribution in [2.24, 2.45) is 0 Å². The summed E-state index contributed by atoms with van der Waals surface area (Å²) in [6.45, 7) is 2.04. The van der Waals surface area contributed by atoms with E-state index in [0.717, 1.165) is 31.7 Å². The number of halogens is 1. The van der Waals surface area contributed by atoms with E-state index in [0.29, 0.717) is 11.3 Å². The molecule has 1 saturated heterocycles. The topological polar surface area (TPSA) is 58.1 Å². The average molecular weight is 328 g/mol. The first-order valence-electron chi connectivity index (χ1n) is 8.32. The van der Waals surface area contributed by atoms with Crippen LogP contribution in [0.1, 0.15) is 41.7 Å². The summed E-state index contributed by atoms with van der Waals surface area (Å²) in [7, 11) is 0. The van der Waals surface area contributed by atoms with E-state index in [4.69, 9.17) is 0 Å². The highest BCUT2D eigenvalue weighted by Gasteiger charge is 2.14. The van der Waals surface area contributed by atoms with Crippen LogP contribution in [-0.2, 0) is 6.54 Å². The molecule has 0 unspecified atom stereocenters. The Bertz CT molecular complexity index is 699. The zero-order valence-electron chi connectivity index (χ0n) is 13.5. The van der Waals surface area contributed by atoms with Gasteiger partial charge in [-0.1, -0.05) is 31.0 Å². The van der Waals surface area contributed by atoms with Crippen LogP contribution in [0.2, 0.25) is 0 Å². The first-order valence-corrected chi connectivity index (χ1v) is 8.32. The lowest BCUT2D eigenvalue weighted by atomic mass is 10.2. The van der Waals surface area contributed by atoms with Crippen LogP contribution in [0.5, 0.6) is 0 Å². The zero-order chi connectivity index (χ0) is 16.8. The standard InChI is InChI=1S/C18H21FN4O/c19-15-8-4-3-7-14(15)12-20-18(24)16-11-17(22-13-21-16)23-9-5-1-2-6-10-23/h3-4,7-8,11,13H,1-2,5-6,9-10,12H2,(H,20,24). The Morgan fingerprint density at radius 3 is 2.62 bits per heavy atom. The van der Waals surface area contributed by atoms with Gasteiger partial charge in [-0.25, -0.2) is 14.4 Å². The third-order valence-electron chi connectivity index (χ3n) is 4.21. The number of amides is 1. The second-order valence-corrected chi connectivity index (χ2v) is 5.94. The van der Waals surface area contributed by atoms with Gasteiger partial charge in [0.05, 0.1) is 0 Å². The number of hydrogen-bond acceptors (Lipinski definition) is 4. The Balaban J connectivity index is 1.66. The molecule has 1 fully saturated rings. The molecular formula is C18H21FN4O. The third-order valence-corrected chi connectivity index (χ3v) is 4.21. The van der Waals surface area contributed by atoms with Crippen LogP contribution in [0.25, 0.3) is 0 Å². The van der Waals surface area contributed by atoms with Crippen molar-refractivity contribution in [1.29, 1.82) is 0 Å². The Labute approximate surface area is 140 Å². The lowest BCUT2D eigenvalue weighted by Crippen LogP contribution is -2.27. The summed E-state index contributed by atoms with van der Waals surface area (Å²) in [5, 5.41) is 2.71. The fourth-order valence-electron chi connectivity index (χ4n) is 2.85. The van der Waals surface area contributed by atoms with Crippen LogP contribution >= 0.6 is 0 Å². The molecular weight excluding hydrogens is 307 g/mol. The molecule has 0 atom stereocenters. The lowest BCUT2D eigenvalue weighted by Gasteiger charge is -2.21. The summed E-state index contributed by atoms with van der Waals surface area (Å²) >= 11 is 0. The minimum absolute atomic E-state index is 0.133. The van der Waals surface area contributed by atoms with Crippen LogP contribution < -0.4 is 10.2 Å². The number of nitrogens with one attached hydrogen (secondary N) is 1. The molecule has 0 radical (unpaired) electrons. The maximum atomic E-state index is 13.6. The van der Waals surface area contributed by atoms with Crippen LogP contribution in [0.15, 0.2) is 36.7 Å². The molecule has 2 aromatic rings. The highest BCUT2D eigenvalue weighted by molar-refractivity contribution is 5.92. The minimum Gasteiger partial charge on any atom is -0.357 e. The number of benzene rings is 1. The van der Waals surface area contributed by atoms with Crippen LogP contribution in [0, 0.1) is 5.82 Å². The van der Waals surface area contributed by atoms with Gasteiger partial charge in [-0.15, -0.1) is 0 Å². The van der Waals surface area contributed by atoms with Gasteiger partial charge in [0, 0.05) is 31.3 Å². The van der Waals surface area contributed by atoms with E-state index < -0.39 is 0 Å². The van der Waals surface area contributed by atoms with Crippen molar-refractivity contribution in [2.45, 2.75) is 32.2 Å². The van der Waals surface area contributed by atoms with Crippen molar-refractivity contribution in [1.82, 2.24) is 15.3 Å². The van der Waals surface area contributed by atoms with Crippen molar-refractivity contribution in [3.8, 4) is 0 Å². The molecule has 0 spiro atoms. The summed E-state index contributed by atoms with van der Waals surface area (Å²) in [6, 6.07) is 8.11. The molecule has 5 nitrogen and oxygen atoms in total. The van der Waals surface area contributed by atoms with E-state index in [-0.39, 0.29) is 18.3 Å². The van der Waals surface area contributed by atoms with E-state index in [1.807, 2.05) is 0 Å². The minimum atomic E-state index is -0.328. The normalized spacial score (nSPS) is 15.0. The van der Waals surface area contributed by atoms with Crippen molar-refractivity contribution in [2.75, 3.05) is 18.0 Å². The van der Waals surface area contributed by atoms with Gasteiger partial charge >= 0.3 is 0 Å². The molecule has 1 aromatic heterocycles. The van der Waals surface area contributed by atoms with Gasteiger partial charge in [0.25, 0.3) is 5.91 Å². The Morgan fingerprint density at radius 1 is 1.12 bits per heavy atom. The number of anilines is 1. The highest BCUT2D eigenvalue weighted by Crippen LogP contribution is 2.17. The first kappa shape index (κ1) is 16.4. The molecule has 0 saturated carbocycles. The molecule has 1 aliphatic rings. The molecule has 2 heterocycles. The summed E-state index contributed by atoms with van der Waals surface area (Å²) in [5.74, 6) is 0.130. The fourth-order valence-corrected chi connectivity index (χ4v) is 2.85. The molecule has 1 N–H and O–H groups in total. The molecule has 1 aliphatic heterocycles. The number of carbonyl (C=O) groups is 1. The Kier molecular flexibility index (Phi) is 5.36. The predicted molar refractivity (Wildman–Crippen MR) is 90.3 cm³/mol. The van der Waals surface area contributed by atoms with Gasteiger partial charge in [-0.05, 0) is 18.9 Å². The van der Waals surface area contributed by atoms with Gasteiger partial charge in [0.15, 0.2) is 0 Å². The SMILES string of the molecule is O=C(NCc1ccccc1F)c1cc(N2CCCCCC2)ncn1. The van der Waals surface area contributed by atoms with Crippen molar-refractivity contribution in [3.05, 3.63) is 53.7 Å². The predicted octanol–water partition coefficient (Wildman–Crippen LogP) is 2.93. The first-order chi connectivity index (χ1) is 11.7. The monoisotopic (exact) mass is 328 g/mol. The number of aromatic nitrogens is 2. The molecule has 24 heavy (non-hydrogen) atoms. The average Bonchev–Trinajstić information content (AvgIpc) is 2.90. The van der Waals surface area contributed by atoms with Gasteiger partial charge < -0.3 is 10.2 Å². The summed E-state index contributed by atoms with van der Waals surface area (Å²) in [6.07, 6.45) is 6.16. The van der Waals surface area contributed by atoms with Gasteiger partial charge in [-0.3, -0.25) is 4.79 Å². The number of nitrogens with zero attached hydrogens (tertiary/aromatic N) is 3. The van der Waals surface area contributed by atoms with Gasteiger partial charge in [0.1, 0.15) is 23.7 Å². The summed E-state index contributed by atoms with van der Waals surface area (Å²) < 4.78 is 13.6. The number of rotatable bonds is 4. The Hall–Kier alpha value is -2.50. The van der Waals surface area contributed by atoms with Crippen LogP contribution in [0.4, 0.5) is 10.2 Å². The number of carbonyl (C=O) groups excluding carboxylic acids is 1. The summed E-state index contributed by atoms with van der Waals surface area (Å²) in [4.78, 5) is 22.8. The molecule has 0 aliphatic carbocycles. The summed E-state index contributed by atoms with van der Waals surface area (Å²) in [5.41, 5.74) is 0.758. The van der Waals surface area contributed by atoms with Crippen LogP contribution in [0.3, 0.4) is 0 Å². The smallest absolute Gasteiger partial charge is 0.270 e. The van der Waals surface area contributed by atoms with E-state index in [1.165, 1.54) is 25.2 Å². The molecule has 1 aromatic carbocycles. The van der Waals surface area contributed by atoms with E-state index >= 15 is 0 Å². The molecule has 6 heteroatoms. The fraction of sp³-hybridized carbons (Fsp3) is 0.389. The number of hydrogen-bond donors (Lipinski definition) is 1. The molecule has 126 valence electrons. The molecule has 0 bridgehead atoms. The second kappa shape index (κ2) is 7.86. The van der Waals surface area contributed by atoms with Crippen molar-refractivity contribution in [3.63, 3.8) is 0 Å². The van der Waals surface area contributed by atoms with E-state index in [9.17, 15) is 9.18 Å². The maximum absolute atomic E-state index is 13.6. The zero-order valence-corrected chi connectivity index (χ0v) is 13.5. The van der Waals surface area contributed by atoms with Gasteiger partial charge in [-0.2, -0.15) is 0 Å². The molecule has 1 amide bonds. The highest BCUT2D eigenvalue weighted by atomic mass is 19.1. The lowest BCUT2D eigenvalue weighted by molar-refractivity contribution is 0.0945. The second-order valence-electron chi connectivity index (χ2n) is 5.94. The largest absolute Gasteiger partial charge is 0.357 e. The third kappa shape index (κ3) is 4.07. The van der Waals surface area contributed by atoms with Crippen LogP contribution in [-0.4, -0.2) is 29.0 Å². The maximum Gasteiger partial charge on any atom is 0.270 e. The van der Waals surface area contributed by atoms with Gasteiger partial charge in [0.2, 0.25) is 0 Å². The van der Waals surface area contributed by atoms with E-state index in [2.05, 4.69) is 20.2 Å². The molecule has 3 rings (SSSR count). The van der Waals surface area contributed by atoms with Crippen molar-refractivity contribution >= 4 is 11.7 Å².